The summed E-state index contributed by atoms with van der Waals surface area (Å²) in [6.07, 6.45) is 0. The average Bonchev–Trinajstić information content (AvgIpc) is 3.12. The van der Waals surface area contributed by atoms with Gasteiger partial charge in [-0.05, 0) is 35.2 Å². The van der Waals surface area contributed by atoms with Crippen molar-refractivity contribution in [1.29, 1.82) is 0 Å². The van der Waals surface area contributed by atoms with Gasteiger partial charge in [-0.1, -0.05) is 43.3 Å². The van der Waals surface area contributed by atoms with Crippen molar-refractivity contribution in [3.05, 3.63) is 75.5 Å². The third-order valence-electron chi connectivity index (χ3n) is 4.63. The van der Waals surface area contributed by atoms with Crippen LogP contribution in [0.2, 0.25) is 0 Å². The number of halogens is 1. The molecule has 0 bridgehead atoms. The second-order valence-corrected chi connectivity index (χ2v) is 6.89. The van der Waals surface area contributed by atoms with Crippen molar-refractivity contribution in [1.82, 2.24) is 25.1 Å². The molecule has 7 nitrogen and oxygen atoms in total. The smallest absolute Gasteiger partial charge is 0.277 e. The Labute approximate surface area is 159 Å². The van der Waals surface area contributed by atoms with E-state index >= 15 is 0 Å². The molecule has 4 aromatic rings. The molecule has 0 spiro atoms. The van der Waals surface area contributed by atoms with Crippen LogP contribution in [0.4, 0.5) is 4.39 Å². The maximum Gasteiger partial charge on any atom is 0.277 e. The van der Waals surface area contributed by atoms with Gasteiger partial charge in [0.05, 0.1) is 11.0 Å². The molecule has 8 heteroatoms. The topological polar surface area (TPSA) is 92.2 Å². The molecule has 0 aliphatic carbocycles. The lowest BCUT2D eigenvalue weighted by molar-refractivity contribution is 0.0947. The number of fused-ring (bicyclic) bond motifs is 3. The van der Waals surface area contributed by atoms with Gasteiger partial charge in [-0.25, -0.2) is 8.91 Å². The first kappa shape index (κ1) is 17.8. The largest absolute Gasteiger partial charge is 0.346 e. The number of H-pyrrole nitrogens is 1. The van der Waals surface area contributed by atoms with Crippen molar-refractivity contribution >= 4 is 22.5 Å². The molecule has 142 valence electrons. The number of hydrogen-bond acceptors (Lipinski definition) is 4. The van der Waals surface area contributed by atoms with Crippen molar-refractivity contribution in [3.8, 4) is 0 Å². The minimum absolute atomic E-state index is 0.0202. The molecule has 0 fully saturated rings. The Balaban J connectivity index is 1.62. The number of aromatic amines is 1. The number of amides is 1. The molecule has 0 aliphatic heterocycles. The first-order valence-corrected chi connectivity index (χ1v) is 8.88. The molecule has 1 amide bonds. The molecule has 28 heavy (non-hydrogen) atoms. The second kappa shape index (κ2) is 6.88. The van der Waals surface area contributed by atoms with Crippen molar-refractivity contribution in [2.24, 2.45) is 0 Å². The van der Waals surface area contributed by atoms with Crippen LogP contribution in [0.5, 0.6) is 0 Å². The molecule has 0 aliphatic rings. The fourth-order valence-electron chi connectivity index (χ4n) is 3.07. The first-order chi connectivity index (χ1) is 13.4. The summed E-state index contributed by atoms with van der Waals surface area (Å²) in [7, 11) is 0. The maximum absolute atomic E-state index is 13.4. The van der Waals surface area contributed by atoms with Gasteiger partial charge in [-0.2, -0.15) is 0 Å². The number of carbonyl (C=O) groups is 1. The Morgan fingerprint density at radius 3 is 2.68 bits per heavy atom. The van der Waals surface area contributed by atoms with Crippen molar-refractivity contribution < 1.29 is 9.18 Å². The highest BCUT2D eigenvalue weighted by molar-refractivity contribution is 5.99. The standard InChI is InChI=1S/C20H18FN5O2/c1-11(2)13-5-3-12(4-6-13)10-22-19(27)17-18-20(28)23-15-9-14(21)7-8-16(15)26(18)25-24-17/h3-9,11H,10H2,1-2H3,(H,22,27)(H,23,28). The summed E-state index contributed by atoms with van der Waals surface area (Å²) in [5, 5.41) is 10.5. The molecule has 4 rings (SSSR count). The molecule has 0 unspecified atom stereocenters. The summed E-state index contributed by atoms with van der Waals surface area (Å²) >= 11 is 0. The Kier molecular flexibility index (Phi) is 4.38. The highest BCUT2D eigenvalue weighted by atomic mass is 19.1. The predicted molar refractivity (Wildman–Crippen MR) is 103 cm³/mol. The lowest BCUT2D eigenvalue weighted by Crippen LogP contribution is -2.25. The van der Waals surface area contributed by atoms with Gasteiger partial charge in [0.15, 0.2) is 11.2 Å². The second-order valence-electron chi connectivity index (χ2n) is 6.89. The Hall–Kier alpha value is -3.55. The van der Waals surface area contributed by atoms with Crippen LogP contribution >= 0.6 is 0 Å². The maximum atomic E-state index is 13.4. The fraction of sp³-hybridized carbons (Fsp3) is 0.200. The monoisotopic (exact) mass is 379 g/mol. The molecule has 2 N–H and O–H groups in total. The SMILES string of the molecule is CC(C)c1ccc(CNC(=O)c2nnn3c2c(=O)[nH]c2cc(F)ccc23)cc1. The third-order valence-corrected chi connectivity index (χ3v) is 4.63. The van der Waals surface area contributed by atoms with Crippen molar-refractivity contribution in [2.75, 3.05) is 0 Å². The van der Waals surface area contributed by atoms with E-state index in [4.69, 9.17) is 0 Å². The molecule has 2 aromatic heterocycles. The van der Waals surface area contributed by atoms with Gasteiger partial charge in [0.2, 0.25) is 0 Å². The van der Waals surface area contributed by atoms with Gasteiger partial charge in [0.25, 0.3) is 11.5 Å². The summed E-state index contributed by atoms with van der Waals surface area (Å²) in [4.78, 5) is 27.5. The van der Waals surface area contributed by atoms with Crippen LogP contribution in [0, 0.1) is 5.82 Å². The zero-order valence-electron chi connectivity index (χ0n) is 15.4. The first-order valence-electron chi connectivity index (χ1n) is 8.88. The molecule has 0 saturated heterocycles. The number of carbonyl (C=O) groups excluding carboxylic acids is 1. The predicted octanol–water partition coefficient (Wildman–Crippen LogP) is 2.76. The van der Waals surface area contributed by atoms with E-state index in [1.54, 1.807) is 0 Å². The highest BCUT2D eigenvalue weighted by Gasteiger charge is 2.19. The van der Waals surface area contributed by atoms with Gasteiger partial charge in [0, 0.05) is 6.54 Å². The van der Waals surface area contributed by atoms with E-state index < -0.39 is 17.3 Å². The van der Waals surface area contributed by atoms with Crippen LogP contribution in [0.3, 0.4) is 0 Å². The molecular formula is C20H18FN5O2. The van der Waals surface area contributed by atoms with Crippen LogP contribution in [0.15, 0.2) is 47.3 Å². The van der Waals surface area contributed by atoms with Gasteiger partial charge in [-0.15, -0.1) is 5.10 Å². The minimum atomic E-state index is -0.561. The van der Waals surface area contributed by atoms with Gasteiger partial charge in [0.1, 0.15) is 5.82 Å². The number of rotatable bonds is 4. The Bertz CT molecular complexity index is 1240. The number of nitrogens with zero attached hydrogens (tertiary/aromatic N) is 3. The molecule has 0 radical (unpaired) electrons. The van der Waals surface area contributed by atoms with E-state index in [0.717, 1.165) is 5.56 Å². The van der Waals surface area contributed by atoms with Gasteiger partial charge in [-0.3, -0.25) is 9.59 Å². The van der Waals surface area contributed by atoms with Gasteiger partial charge < -0.3 is 10.3 Å². The summed E-state index contributed by atoms with van der Waals surface area (Å²) in [6.45, 7) is 4.53. The van der Waals surface area contributed by atoms with Crippen LogP contribution in [0.1, 0.15) is 41.4 Å². The summed E-state index contributed by atoms with van der Waals surface area (Å²) in [5.41, 5.74) is 2.26. The van der Waals surface area contributed by atoms with Crippen LogP contribution in [0.25, 0.3) is 16.6 Å². The number of aromatic nitrogens is 4. The zero-order chi connectivity index (χ0) is 19.8. The third kappa shape index (κ3) is 3.13. The van der Waals surface area contributed by atoms with Crippen LogP contribution in [-0.4, -0.2) is 25.7 Å². The van der Waals surface area contributed by atoms with Crippen LogP contribution in [-0.2, 0) is 6.54 Å². The lowest BCUT2D eigenvalue weighted by atomic mass is 10.0. The van der Waals surface area contributed by atoms with Crippen LogP contribution < -0.4 is 10.9 Å². The summed E-state index contributed by atoms with van der Waals surface area (Å²) in [6, 6.07) is 11.9. The molecule has 0 atom stereocenters. The van der Waals surface area contributed by atoms with Gasteiger partial charge >= 0.3 is 0 Å². The average molecular weight is 379 g/mol. The number of hydrogen-bond donors (Lipinski definition) is 2. The van der Waals surface area contributed by atoms with Crippen molar-refractivity contribution in [3.63, 3.8) is 0 Å². The lowest BCUT2D eigenvalue weighted by Gasteiger charge is -2.07. The molecular weight excluding hydrogens is 361 g/mol. The van der Waals surface area contributed by atoms with E-state index in [1.165, 1.54) is 28.3 Å². The van der Waals surface area contributed by atoms with E-state index in [9.17, 15) is 14.0 Å². The molecule has 2 heterocycles. The van der Waals surface area contributed by atoms with E-state index in [-0.39, 0.29) is 16.7 Å². The normalized spacial score (nSPS) is 11.4. The zero-order valence-corrected chi connectivity index (χ0v) is 15.4. The minimum Gasteiger partial charge on any atom is -0.346 e. The summed E-state index contributed by atoms with van der Waals surface area (Å²) < 4.78 is 14.7. The number of benzene rings is 2. The Morgan fingerprint density at radius 1 is 1.21 bits per heavy atom. The molecule has 0 saturated carbocycles. The van der Waals surface area contributed by atoms with E-state index in [0.29, 0.717) is 18.0 Å². The Morgan fingerprint density at radius 2 is 1.96 bits per heavy atom. The quantitative estimate of drug-likeness (QED) is 0.570. The summed E-state index contributed by atoms with van der Waals surface area (Å²) in [5.74, 6) is -0.555. The van der Waals surface area contributed by atoms with E-state index in [2.05, 4.69) is 34.5 Å². The number of nitrogens with one attached hydrogen (secondary N) is 2. The van der Waals surface area contributed by atoms with Crippen molar-refractivity contribution in [2.45, 2.75) is 26.3 Å². The fourth-order valence-corrected chi connectivity index (χ4v) is 3.07. The highest BCUT2D eigenvalue weighted by Crippen LogP contribution is 2.16. The van der Waals surface area contributed by atoms with E-state index in [1.807, 2.05) is 24.3 Å². The molecule has 2 aromatic carbocycles.